The van der Waals surface area contributed by atoms with Gasteiger partial charge < -0.3 is 2.85 Å². The Labute approximate surface area is 93.8 Å². The first-order valence-electron chi connectivity index (χ1n) is 4.08. The molecule has 0 bridgehead atoms. The quantitative estimate of drug-likeness (QED) is 0.486. The standard InChI is InChI=1S/C11H14.Mg.2H/c1-2-3-5-8-11-9-6-4-7-10-11;;;/h2-4,6-7,9-10H,5,8H2,1H3;;;/q;+2;2*-1/b3-2+;;;. The van der Waals surface area contributed by atoms with Gasteiger partial charge in [-0.25, -0.2) is 0 Å². The van der Waals surface area contributed by atoms with Crippen LogP contribution in [-0.4, -0.2) is 23.1 Å². The summed E-state index contributed by atoms with van der Waals surface area (Å²) in [6.45, 7) is 2.06. The maximum Gasteiger partial charge on any atom is 2.00 e. The first-order chi connectivity index (χ1) is 5.43. The summed E-state index contributed by atoms with van der Waals surface area (Å²) >= 11 is 0. The van der Waals surface area contributed by atoms with Crippen LogP contribution < -0.4 is 0 Å². The maximum atomic E-state index is 2.20. The van der Waals surface area contributed by atoms with E-state index in [1.165, 1.54) is 5.56 Å². The molecular weight excluding hydrogens is 156 g/mol. The summed E-state index contributed by atoms with van der Waals surface area (Å²) in [6.07, 6.45) is 6.61. The monoisotopic (exact) mass is 172 g/mol. The molecule has 1 aromatic rings. The zero-order valence-corrected chi connectivity index (χ0v) is 9.08. The first-order valence-corrected chi connectivity index (χ1v) is 4.08. The van der Waals surface area contributed by atoms with Crippen LogP contribution in [0.15, 0.2) is 42.5 Å². The van der Waals surface area contributed by atoms with Crippen molar-refractivity contribution in [2.75, 3.05) is 0 Å². The summed E-state index contributed by atoms with van der Waals surface area (Å²) < 4.78 is 0. The van der Waals surface area contributed by atoms with E-state index in [0.29, 0.717) is 0 Å². The minimum Gasteiger partial charge on any atom is -1.00 e. The third-order valence-corrected chi connectivity index (χ3v) is 1.68. The van der Waals surface area contributed by atoms with Crippen LogP contribution in [0.2, 0.25) is 0 Å². The van der Waals surface area contributed by atoms with Crippen LogP contribution in [0, 0.1) is 0 Å². The summed E-state index contributed by atoms with van der Waals surface area (Å²) in [5, 5.41) is 0. The van der Waals surface area contributed by atoms with Crippen molar-refractivity contribution in [3.63, 3.8) is 0 Å². The van der Waals surface area contributed by atoms with Crippen LogP contribution in [-0.2, 0) is 6.42 Å². The molecule has 0 fully saturated rings. The largest absolute Gasteiger partial charge is 2.00 e. The molecule has 0 radical (unpaired) electrons. The van der Waals surface area contributed by atoms with Crippen molar-refractivity contribution in [3.05, 3.63) is 48.0 Å². The van der Waals surface area contributed by atoms with E-state index in [0.717, 1.165) is 12.8 Å². The van der Waals surface area contributed by atoms with Crippen molar-refractivity contribution < 1.29 is 2.85 Å². The van der Waals surface area contributed by atoms with Crippen LogP contribution in [0.5, 0.6) is 0 Å². The molecule has 1 heteroatoms. The molecule has 12 heavy (non-hydrogen) atoms. The van der Waals surface area contributed by atoms with Gasteiger partial charge in [-0.1, -0.05) is 42.5 Å². The number of benzene rings is 1. The summed E-state index contributed by atoms with van der Waals surface area (Å²) in [5.41, 5.74) is 1.42. The number of hydrogen-bond acceptors (Lipinski definition) is 0. The van der Waals surface area contributed by atoms with Gasteiger partial charge in [-0.2, -0.15) is 0 Å². The SMILES string of the molecule is C/C=C/CCc1ccccc1.[H-].[H-].[Mg+2]. The Kier molecular flexibility index (Phi) is 7.21. The molecule has 1 rings (SSSR count). The Morgan fingerprint density at radius 3 is 2.50 bits per heavy atom. The van der Waals surface area contributed by atoms with Gasteiger partial charge in [0, 0.05) is 0 Å². The van der Waals surface area contributed by atoms with E-state index in [1.54, 1.807) is 0 Å². The number of hydrogen-bond donors (Lipinski definition) is 0. The summed E-state index contributed by atoms with van der Waals surface area (Å²) in [7, 11) is 0. The van der Waals surface area contributed by atoms with E-state index < -0.39 is 0 Å². The van der Waals surface area contributed by atoms with Gasteiger partial charge in [0.25, 0.3) is 0 Å². The summed E-state index contributed by atoms with van der Waals surface area (Å²) in [5.74, 6) is 0. The number of allylic oxidation sites excluding steroid dienone is 2. The fourth-order valence-electron chi connectivity index (χ4n) is 1.06. The second-order valence-corrected chi connectivity index (χ2v) is 2.59. The topological polar surface area (TPSA) is 0 Å². The molecule has 0 aromatic heterocycles. The molecule has 0 aliphatic carbocycles. The zero-order valence-electron chi connectivity index (χ0n) is 9.66. The second kappa shape index (κ2) is 7.38. The minimum absolute atomic E-state index is 0. The predicted octanol–water partition coefficient (Wildman–Crippen LogP) is 3.04. The van der Waals surface area contributed by atoms with Crippen molar-refractivity contribution in [2.24, 2.45) is 0 Å². The van der Waals surface area contributed by atoms with Gasteiger partial charge >= 0.3 is 23.1 Å². The number of rotatable bonds is 3. The molecule has 62 valence electrons. The average Bonchev–Trinajstić information content (AvgIpc) is 2.07. The van der Waals surface area contributed by atoms with Crippen LogP contribution in [0.3, 0.4) is 0 Å². The van der Waals surface area contributed by atoms with Crippen molar-refractivity contribution >= 4 is 23.1 Å². The molecule has 0 saturated heterocycles. The van der Waals surface area contributed by atoms with Gasteiger partial charge in [0.15, 0.2) is 0 Å². The van der Waals surface area contributed by atoms with Crippen LogP contribution in [0.25, 0.3) is 0 Å². The Morgan fingerprint density at radius 2 is 1.92 bits per heavy atom. The molecule has 0 heterocycles. The zero-order chi connectivity index (χ0) is 7.94. The molecule has 0 atom stereocenters. The van der Waals surface area contributed by atoms with E-state index in [4.69, 9.17) is 0 Å². The van der Waals surface area contributed by atoms with Gasteiger partial charge in [0.2, 0.25) is 0 Å². The van der Waals surface area contributed by atoms with E-state index >= 15 is 0 Å². The van der Waals surface area contributed by atoms with E-state index in [2.05, 4.69) is 49.4 Å². The molecular formula is C11H16Mg. The van der Waals surface area contributed by atoms with Crippen LogP contribution >= 0.6 is 0 Å². The molecule has 0 unspecified atom stereocenters. The van der Waals surface area contributed by atoms with Crippen molar-refractivity contribution in [1.29, 1.82) is 0 Å². The molecule has 0 aliphatic rings. The van der Waals surface area contributed by atoms with Gasteiger partial charge in [0.1, 0.15) is 0 Å². The smallest absolute Gasteiger partial charge is 1.00 e. The molecule has 0 amide bonds. The Balaban J connectivity index is -0.000000403. The molecule has 1 aromatic carbocycles. The third kappa shape index (κ3) is 4.57. The van der Waals surface area contributed by atoms with E-state index in [9.17, 15) is 0 Å². The number of aryl methyl sites for hydroxylation is 1. The van der Waals surface area contributed by atoms with Crippen molar-refractivity contribution in [3.8, 4) is 0 Å². The van der Waals surface area contributed by atoms with Crippen LogP contribution in [0.1, 0.15) is 21.8 Å². The molecule has 0 nitrogen and oxygen atoms in total. The van der Waals surface area contributed by atoms with Crippen molar-refractivity contribution in [2.45, 2.75) is 19.8 Å². The molecule has 0 aliphatic heterocycles. The normalized spacial score (nSPS) is 9.75. The van der Waals surface area contributed by atoms with E-state index in [1.807, 2.05) is 0 Å². The maximum absolute atomic E-state index is 2.20. The Morgan fingerprint density at radius 1 is 1.25 bits per heavy atom. The Hall–Kier alpha value is -0.274. The second-order valence-electron chi connectivity index (χ2n) is 2.59. The van der Waals surface area contributed by atoms with Crippen molar-refractivity contribution in [1.82, 2.24) is 0 Å². The molecule has 0 N–H and O–H groups in total. The summed E-state index contributed by atoms with van der Waals surface area (Å²) in [4.78, 5) is 0. The Bertz CT molecular complexity index is 222. The third-order valence-electron chi connectivity index (χ3n) is 1.68. The van der Waals surface area contributed by atoms with Gasteiger partial charge in [0.05, 0.1) is 0 Å². The van der Waals surface area contributed by atoms with Crippen LogP contribution in [0.4, 0.5) is 0 Å². The fourth-order valence-corrected chi connectivity index (χ4v) is 1.06. The summed E-state index contributed by atoms with van der Waals surface area (Å²) in [6, 6.07) is 10.6. The first kappa shape index (κ1) is 11.7. The predicted molar refractivity (Wildman–Crippen MR) is 57.6 cm³/mol. The molecule has 0 spiro atoms. The van der Waals surface area contributed by atoms with Gasteiger partial charge in [-0.3, -0.25) is 0 Å². The van der Waals surface area contributed by atoms with Gasteiger partial charge in [-0.05, 0) is 25.3 Å². The average molecular weight is 173 g/mol. The fraction of sp³-hybridized carbons (Fsp3) is 0.273. The van der Waals surface area contributed by atoms with Gasteiger partial charge in [-0.15, -0.1) is 0 Å². The van der Waals surface area contributed by atoms with E-state index in [-0.39, 0.29) is 25.9 Å². The molecule has 0 saturated carbocycles. The minimum atomic E-state index is 0.